The number of anilines is 1. The van der Waals surface area contributed by atoms with Gasteiger partial charge in [-0.05, 0) is 43.3 Å². The first-order chi connectivity index (χ1) is 12.6. The topological polar surface area (TPSA) is 39.7 Å². The Hall–Kier alpha value is -2.31. The number of rotatable bonds is 3. The number of halogens is 1. The summed E-state index contributed by atoms with van der Waals surface area (Å²) in [6, 6.07) is 10.4. The quantitative estimate of drug-likeness (QED) is 0.847. The smallest absolute Gasteiger partial charge is 0.241 e. The fourth-order valence-electron chi connectivity index (χ4n) is 4.10. The van der Waals surface area contributed by atoms with E-state index in [1.54, 1.807) is 17.2 Å². The second-order valence-electron chi connectivity index (χ2n) is 7.36. The number of nitrogens with zero attached hydrogens (tertiary/aromatic N) is 4. The number of pyridine rings is 1. The average Bonchev–Trinajstić information content (AvgIpc) is 3.03. The standard InChI is InChI=1S/C20H23FN4O/c1-23-13-19(26)25(18-6-2-5-17(21)10-18)15-20(23)7-9-24(14-20)12-16-4-3-8-22-11-16/h2-6,8,10-11H,7,9,12-15H2,1H3. The van der Waals surface area contributed by atoms with Gasteiger partial charge in [0.1, 0.15) is 5.82 Å². The molecule has 1 aromatic heterocycles. The lowest BCUT2D eigenvalue weighted by molar-refractivity contribution is -0.123. The maximum absolute atomic E-state index is 13.6. The number of hydrogen-bond acceptors (Lipinski definition) is 4. The summed E-state index contributed by atoms with van der Waals surface area (Å²) in [5, 5.41) is 0. The second-order valence-corrected chi connectivity index (χ2v) is 7.36. The van der Waals surface area contributed by atoms with Gasteiger partial charge in [-0.3, -0.25) is 19.6 Å². The van der Waals surface area contributed by atoms with Crippen LogP contribution < -0.4 is 4.90 Å². The molecule has 1 spiro atoms. The zero-order valence-electron chi connectivity index (χ0n) is 14.9. The van der Waals surface area contributed by atoms with E-state index in [2.05, 4.69) is 20.9 Å². The molecule has 26 heavy (non-hydrogen) atoms. The molecule has 5 nitrogen and oxygen atoms in total. The predicted molar refractivity (Wildman–Crippen MR) is 98.2 cm³/mol. The molecule has 1 aromatic carbocycles. The molecule has 2 aliphatic rings. The summed E-state index contributed by atoms with van der Waals surface area (Å²) in [4.78, 5) is 23.1. The van der Waals surface area contributed by atoms with E-state index in [9.17, 15) is 9.18 Å². The Morgan fingerprint density at radius 3 is 2.88 bits per heavy atom. The van der Waals surface area contributed by atoms with Crippen molar-refractivity contribution in [3.8, 4) is 0 Å². The molecule has 2 aromatic rings. The molecule has 2 saturated heterocycles. The normalized spacial score (nSPS) is 24.5. The van der Waals surface area contributed by atoms with Gasteiger partial charge in [0.2, 0.25) is 5.91 Å². The summed E-state index contributed by atoms with van der Waals surface area (Å²) in [5.41, 5.74) is 1.75. The second kappa shape index (κ2) is 6.78. The SMILES string of the molecule is CN1CC(=O)N(c2cccc(F)c2)CC12CCN(Cc1cccnc1)C2. The van der Waals surface area contributed by atoms with Gasteiger partial charge in [-0.15, -0.1) is 0 Å². The van der Waals surface area contributed by atoms with E-state index in [0.717, 1.165) is 26.1 Å². The molecule has 0 N–H and O–H groups in total. The van der Waals surface area contributed by atoms with Crippen molar-refractivity contribution < 1.29 is 9.18 Å². The summed E-state index contributed by atoms with van der Waals surface area (Å²) < 4.78 is 13.6. The van der Waals surface area contributed by atoms with Crippen molar-refractivity contribution in [2.24, 2.45) is 0 Å². The fourth-order valence-corrected chi connectivity index (χ4v) is 4.10. The minimum absolute atomic E-state index is 0.0226. The average molecular weight is 354 g/mol. The number of likely N-dealkylation sites (tertiary alicyclic amines) is 1. The van der Waals surface area contributed by atoms with Gasteiger partial charge in [0.15, 0.2) is 0 Å². The van der Waals surface area contributed by atoms with Gasteiger partial charge < -0.3 is 4.90 Å². The summed E-state index contributed by atoms with van der Waals surface area (Å²) in [6.07, 6.45) is 4.67. The van der Waals surface area contributed by atoms with Crippen LogP contribution >= 0.6 is 0 Å². The third-order valence-electron chi connectivity index (χ3n) is 5.60. The van der Waals surface area contributed by atoms with E-state index >= 15 is 0 Å². The Labute approximate surface area is 153 Å². The largest absolute Gasteiger partial charge is 0.309 e. The van der Waals surface area contributed by atoms with Crippen molar-refractivity contribution in [2.75, 3.05) is 38.1 Å². The minimum Gasteiger partial charge on any atom is -0.309 e. The highest BCUT2D eigenvalue weighted by molar-refractivity contribution is 5.96. The Morgan fingerprint density at radius 1 is 1.23 bits per heavy atom. The zero-order valence-corrected chi connectivity index (χ0v) is 14.9. The zero-order chi connectivity index (χ0) is 18.1. The van der Waals surface area contributed by atoms with E-state index in [1.165, 1.54) is 17.7 Å². The molecule has 4 rings (SSSR count). The fraction of sp³-hybridized carbons (Fsp3) is 0.400. The Bertz CT molecular complexity index is 799. The number of hydrogen-bond donors (Lipinski definition) is 0. The monoisotopic (exact) mass is 354 g/mol. The highest BCUT2D eigenvalue weighted by Crippen LogP contribution is 2.34. The first kappa shape index (κ1) is 17.1. The van der Waals surface area contributed by atoms with Gasteiger partial charge in [0.25, 0.3) is 0 Å². The maximum Gasteiger partial charge on any atom is 0.241 e. The highest BCUT2D eigenvalue weighted by atomic mass is 19.1. The lowest BCUT2D eigenvalue weighted by Gasteiger charge is -2.47. The Balaban J connectivity index is 1.53. The van der Waals surface area contributed by atoms with Crippen LogP contribution in [0, 0.1) is 5.82 Å². The number of piperazine rings is 1. The minimum atomic E-state index is -0.312. The number of carbonyl (C=O) groups is 1. The summed E-state index contributed by atoms with van der Waals surface area (Å²) in [5.74, 6) is -0.290. The van der Waals surface area contributed by atoms with Crippen LogP contribution in [0.4, 0.5) is 10.1 Å². The van der Waals surface area contributed by atoms with E-state index in [0.29, 0.717) is 18.8 Å². The number of likely N-dealkylation sites (N-methyl/N-ethyl adjacent to an activating group) is 1. The molecule has 0 bridgehead atoms. The first-order valence-corrected chi connectivity index (χ1v) is 8.94. The van der Waals surface area contributed by atoms with Crippen molar-refractivity contribution >= 4 is 11.6 Å². The predicted octanol–water partition coefficient (Wildman–Crippen LogP) is 2.14. The lowest BCUT2D eigenvalue weighted by Crippen LogP contribution is -2.64. The molecular weight excluding hydrogens is 331 g/mol. The number of amides is 1. The van der Waals surface area contributed by atoms with Crippen molar-refractivity contribution in [3.05, 3.63) is 60.2 Å². The van der Waals surface area contributed by atoms with E-state index < -0.39 is 0 Å². The van der Waals surface area contributed by atoms with Crippen LogP contribution in [0.5, 0.6) is 0 Å². The number of benzene rings is 1. The van der Waals surface area contributed by atoms with Crippen LogP contribution in [-0.2, 0) is 11.3 Å². The van der Waals surface area contributed by atoms with Gasteiger partial charge in [-0.25, -0.2) is 4.39 Å². The van der Waals surface area contributed by atoms with E-state index in [1.807, 2.05) is 25.4 Å². The van der Waals surface area contributed by atoms with Crippen LogP contribution in [0.3, 0.4) is 0 Å². The molecule has 2 fully saturated rings. The molecule has 2 aliphatic heterocycles. The molecule has 6 heteroatoms. The highest BCUT2D eigenvalue weighted by Gasteiger charge is 2.47. The summed E-state index contributed by atoms with van der Waals surface area (Å²) >= 11 is 0. The van der Waals surface area contributed by atoms with Crippen LogP contribution in [0.25, 0.3) is 0 Å². The molecule has 3 heterocycles. The first-order valence-electron chi connectivity index (χ1n) is 8.94. The molecule has 1 amide bonds. The maximum atomic E-state index is 13.6. The van der Waals surface area contributed by atoms with Gasteiger partial charge in [0.05, 0.1) is 12.1 Å². The van der Waals surface area contributed by atoms with Crippen molar-refractivity contribution in [2.45, 2.75) is 18.5 Å². The molecule has 136 valence electrons. The Morgan fingerprint density at radius 2 is 2.12 bits per heavy atom. The molecule has 0 radical (unpaired) electrons. The molecular formula is C20H23FN4O. The van der Waals surface area contributed by atoms with E-state index in [-0.39, 0.29) is 17.3 Å². The molecule has 0 saturated carbocycles. The van der Waals surface area contributed by atoms with Crippen LogP contribution in [0.15, 0.2) is 48.8 Å². The number of carbonyl (C=O) groups excluding carboxylic acids is 1. The summed E-state index contributed by atoms with van der Waals surface area (Å²) in [7, 11) is 2.02. The van der Waals surface area contributed by atoms with Crippen molar-refractivity contribution in [1.29, 1.82) is 0 Å². The van der Waals surface area contributed by atoms with Crippen LogP contribution in [0.1, 0.15) is 12.0 Å². The number of aromatic nitrogens is 1. The van der Waals surface area contributed by atoms with Crippen molar-refractivity contribution in [1.82, 2.24) is 14.8 Å². The molecule has 1 unspecified atom stereocenters. The van der Waals surface area contributed by atoms with Gasteiger partial charge in [-0.2, -0.15) is 0 Å². The summed E-state index contributed by atoms with van der Waals surface area (Å²) in [6.45, 7) is 3.67. The molecule has 0 aliphatic carbocycles. The van der Waals surface area contributed by atoms with Gasteiger partial charge in [-0.1, -0.05) is 12.1 Å². The van der Waals surface area contributed by atoms with Crippen LogP contribution in [0.2, 0.25) is 0 Å². The van der Waals surface area contributed by atoms with E-state index in [4.69, 9.17) is 0 Å². The van der Waals surface area contributed by atoms with Crippen LogP contribution in [-0.4, -0.2) is 59.5 Å². The van der Waals surface area contributed by atoms with Crippen molar-refractivity contribution in [3.63, 3.8) is 0 Å². The lowest BCUT2D eigenvalue weighted by atomic mass is 9.92. The molecule has 1 atom stereocenters. The third-order valence-corrected chi connectivity index (χ3v) is 5.60. The van der Waals surface area contributed by atoms with Gasteiger partial charge in [0, 0.05) is 44.3 Å². The third kappa shape index (κ3) is 3.22. The van der Waals surface area contributed by atoms with Gasteiger partial charge >= 0.3 is 0 Å². The Kier molecular flexibility index (Phi) is 4.46.